The van der Waals surface area contributed by atoms with Crippen molar-refractivity contribution in [2.24, 2.45) is 0 Å². The lowest BCUT2D eigenvalue weighted by Gasteiger charge is -2.31. The van der Waals surface area contributed by atoms with Gasteiger partial charge in [0.05, 0.1) is 11.3 Å². The lowest BCUT2D eigenvalue weighted by Crippen LogP contribution is -2.38. The molecule has 1 aromatic heterocycles. The minimum absolute atomic E-state index is 0.101. The van der Waals surface area contributed by atoms with Gasteiger partial charge in [0, 0.05) is 12.0 Å². The number of aromatic nitrogens is 3. The van der Waals surface area contributed by atoms with Crippen molar-refractivity contribution >= 4 is 23.4 Å². The van der Waals surface area contributed by atoms with Crippen molar-refractivity contribution in [1.29, 1.82) is 0 Å². The summed E-state index contributed by atoms with van der Waals surface area (Å²) in [5.41, 5.74) is 1.29. The summed E-state index contributed by atoms with van der Waals surface area (Å²) in [6.07, 6.45) is -0.469. The standard InChI is InChI=1S/C22H20F2N4O2S/c1-3-8-17(29)28-16-12-6-5-9-13(16)19-20(25-22(27-26-19)31-4-2)30-21(28)14-10-7-11-15(23)18(14)24/h5-7,9-12,21H,3-4,8H2,1-2H3. The van der Waals surface area contributed by atoms with E-state index < -0.39 is 17.9 Å². The molecule has 0 fully saturated rings. The van der Waals surface area contributed by atoms with Crippen LogP contribution in [0.5, 0.6) is 5.88 Å². The number of nitrogens with zero attached hydrogens (tertiary/aromatic N) is 4. The Bertz CT molecular complexity index is 1130. The average Bonchev–Trinajstić information content (AvgIpc) is 2.90. The molecule has 1 aliphatic rings. The number of amides is 1. The van der Waals surface area contributed by atoms with Gasteiger partial charge in [-0.25, -0.2) is 8.78 Å². The second kappa shape index (κ2) is 8.97. The highest BCUT2D eigenvalue weighted by Crippen LogP contribution is 2.44. The van der Waals surface area contributed by atoms with Crippen LogP contribution in [0, 0.1) is 11.6 Å². The zero-order chi connectivity index (χ0) is 22.0. The van der Waals surface area contributed by atoms with Gasteiger partial charge in [-0.1, -0.05) is 55.9 Å². The highest BCUT2D eigenvalue weighted by atomic mass is 32.2. The number of ether oxygens (including phenoxy) is 1. The molecule has 31 heavy (non-hydrogen) atoms. The van der Waals surface area contributed by atoms with Gasteiger partial charge in [-0.15, -0.1) is 10.2 Å². The van der Waals surface area contributed by atoms with Gasteiger partial charge in [0.25, 0.3) is 0 Å². The van der Waals surface area contributed by atoms with Crippen LogP contribution in [0.15, 0.2) is 47.6 Å². The van der Waals surface area contributed by atoms with E-state index in [9.17, 15) is 13.6 Å². The Balaban J connectivity index is 1.97. The minimum atomic E-state index is -1.26. The molecular weight excluding hydrogens is 422 g/mol. The molecule has 1 amide bonds. The van der Waals surface area contributed by atoms with Crippen LogP contribution in [0.3, 0.4) is 0 Å². The van der Waals surface area contributed by atoms with Gasteiger partial charge in [0.2, 0.25) is 23.2 Å². The predicted molar refractivity (Wildman–Crippen MR) is 114 cm³/mol. The Kier molecular flexibility index (Phi) is 6.13. The summed E-state index contributed by atoms with van der Waals surface area (Å²) < 4.78 is 35.0. The number of thioether (sulfide) groups is 1. The van der Waals surface area contributed by atoms with Gasteiger partial charge in [-0.05, 0) is 24.3 Å². The van der Waals surface area contributed by atoms with E-state index in [1.165, 1.54) is 28.8 Å². The van der Waals surface area contributed by atoms with Crippen molar-refractivity contribution in [3.8, 4) is 17.1 Å². The minimum Gasteiger partial charge on any atom is -0.447 e. The molecule has 0 aliphatic carbocycles. The van der Waals surface area contributed by atoms with E-state index in [0.29, 0.717) is 28.5 Å². The van der Waals surface area contributed by atoms with Gasteiger partial charge in [0.15, 0.2) is 17.3 Å². The molecule has 0 bridgehead atoms. The number of carbonyl (C=O) groups is 1. The van der Waals surface area contributed by atoms with Crippen LogP contribution in [0.25, 0.3) is 11.3 Å². The quantitative estimate of drug-likeness (QED) is 0.509. The molecule has 6 nitrogen and oxygen atoms in total. The molecule has 0 radical (unpaired) electrons. The SMILES string of the molecule is CCCC(=O)N1c2ccccc2-c2nnc(SCC)nc2OC1c1cccc(F)c1F. The van der Waals surface area contributed by atoms with Gasteiger partial charge < -0.3 is 4.74 Å². The van der Waals surface area contributed by atoms with Crippen molar-refractivity contribution < 1.29 is 18.3 Å². The third-order valence-corrected chi connectivity index (χ3v) is 5.49. The fourth-order valence-corrected chi connectivity index (χ4v) is 3.93. The van der Waals surface area contributed by atoms with Crippen LogP contribution in [0.2, 0.25) is 0 Å². The lowest BCUT2D eigenvalue weighted by molar-refractivity contribution is -0.120. The molecule has 0 saturated heterocycles. The molecule has 1 unspecified atom stereocenters. The maximum Gasteiger partial charge on any atom is 0.247 e. The highest BCUT2D eigenvalue weighted by Gasteiger charge is 2.37. The number of fused-ring (bicyclic) bond motifs is 3. The molecule has 0 N–H and O–H groups in total. The summed E-state index contributed by atoms with van der Waals surface area (Å²) in [4.78, 5) is 19.0. The normalized spacial score (nSPS) is 15.0. The van der Waals surface area contributed by atoms with Crippen molar-refractivity contribution in [3.05, 3.63) is 59.7 Å². The third-order valence-electron chi connectivity index (χ3n) is 4.77. The molecule has 1 aliphatic heterocycles. The first-order valence-corrected chi connectivity index (χ1v) is 10.9. The fraction of sp³-hybridized carbons (Fsp3) is 0.273. The van der Waals surface area contributed by atoms with E-state index in [4.69, 9.17) is 4.74 Å². The van der Waals surface area contributed by atoms with Crippen LogP contribution in [0.4, 0.5) is 14.5 Å². The second-order valence-electron chi connectivity index (χ2n) is 6.83. The maximum atomic E-state index is 14.8. The molecule has 0 saturated carbocycles. The molecule has 3 aromatic rings. The number of para-hydroxylation sites is 1. The van der Waals surface area contributed by atoms with Crippen LogP contribution in [-0.4, -0.2) is 26.8 Å². The average molecular weight is 442 g/mol. The Morgan fingerprint density at radius 2 is 1.94 bits per heavy atom. The van der Waals surface area contributed by atoms with E-state index in [-0.39, 0.29) is 23.8 Å². The van der Waals surface area contributed by atoms with Crippen LogP contribution in [-0.2, 0) is 4.79 Å². The smallest absolute Gasteiger partial charge is 0.247 e. The van der Waals surface area contributed by atoms with Gasteiger partial charge >= 0.3 is 0 Å². The maximum absolute atomic E-state index is 14.8. The summed E-state index contributed by atoms with van der Waals surface area (Å²) in [5.74, 6) is -1.55. The van der Waals surface area contributed by atoms with E-state index in [2.05, 4.69) is 15.2 Å². The lowest BCUT2D eigenvalue weighted by atomic mass is 10.1. The Labute approximate surface area is 182 Å². The number of hydrogen-bond acceptors (Lipinski definition) is 6. The second-order valence-corrected chi connectivity index (χ2v) is 8.06. The van der Waals surface area contributed by atoms with E-state index >= 15 is 0 Å². The van der Waals surface area contributed by atoms with Crippen LogP contribution in [0.1, 0.15) is 38.5 Å². The van der Waals surface area contributed by atoms with E-state index in [0.717, 1.165) is 11.8 Å². The molecule has 4 rings (SSSR count). The molecule has 2 aromatic carbocycles. The Hall–Kier alpha value is -3.07. The van der Waals surface area contributed by atoms with Crippen molar-refractivity contribution in [2.45, 2.75) is 38.1 Å². The molecule has 2 heterocycles. The highest BCUT2D eigenvalue weighted by molar-refractivity contribution is 7.99. The summed E-state index contributed by atoms with van der Waals surface area (Å²) in [6, 6.07) is 10.9. The summed E-state index contributed by atoms with van der Waals surface area (Å²) in [7, 11) is 0. The van der Waals surface area contributed by atoms with Crippen molar-refractivity contribution in [1.82, 2.24) is 15.2 Å². The predicted octanol–water partition coefficient (Wildman–Crippen LogP) is 5.15. The van der Waals surface area contributed by atoms with Crippen LogP contribution >= 0.6 is 11.8 Å². The summed E-state index contributed by atoms with van der Waals surface area (Å²) in [6.45, 7) is 3.82. The number of benzene rings is 2. The topological polar surface area (TPSA) is 68.2 Å². The Morgan fingerprint density at radius 3 is 2.71 bits per heavy atom. The van der Waals surface area contributed by atoms with Gasteiger partial charge in [-0.2, -0.15) is 4.98 Å². The molecule has 160 valence electrons. The molecule has 0 spiro atoms. The number of halogens is 2. The third kappa shape index (κ3) is 3.97. The first-order chi connectivity index (χ1) is 15.0. The first kappa shape index (κ1) is 21.2. The van der Waals surface area contributed by atoms with E-state index in [1.54, 1.807) is 24.3 Å². The molecule has 9 heteroatoms. The van der Waals surface area contributed by atoms with Gasteiger partial charge in [-0.3, -0.25) is 9.69 Å². The zero-order valence-corrected chi connectivity index (χ0v) is 17.8. The van der Waals surface area contributed by atoms with E-state index in [1.807, 2.05) is 13.8 Å². The largest absolute Gasteiger partial charge is 0.447 e. The summed E-state index contributed by atoms with van der Waals surface area (Å²) >= 11 is 1.37. The number of hydrogen-bond donors (Lipinski definition) is 0. The number of anilines is 1. The first-order valence-electron chi connectivity index (χ1n) is 9.94. The monoisotopic (exact) mass is 442 g/mol. The molecule has 1 atom stereocenters. The van der Waals surface area contributed by atoms with Crippen molar-refractivity contribution in [2.75, 3.05) is 10.7 Å². The Morgan fingerprint density at radius 1 is 1.13 bits per heavy atom. The van der Waals surface area contributed by atoms with Crippen molar-refractivity contribution in [3.63, 3.8) is 0 Å². The fourth-order valence-electron chi connectivity index (χ4n) is 3.42. The van der Waals surface area contributed by atoms with Gasteiger partial charge in [0.1, 0.15) is 0 Å². The number of carbonyl (C=O) groups excluding carboxylic acids is 1. The summed E-state index contributed by atoms with van der Waals surface area (Å²) in [5, 5.41) is 8.82. The molecular formula is C22H20F2N4O2S. The number of rotatable bonds is 5. The zero-order valence-electron chi connectivity index (χ0n) is 17.0. The van der Waals surface area contributed by atoms with Crippen LogP contribution < -0.4 is 9.64 Å².